The summed E-state index contributed by atoms with van der Waals surface area (Å²) in [5.41, 5.74) is 2.38. The highest BCUT2D eigenvalue weighted by atomic mass is 79.9. The van der Waals surface area contributed by atoms with E-state index in [4.69, 9.17) is 4.74 Å². The molecule has 0 fully saturated rings. The second kappa shape index (κ2) is 10.6. The Morgan fingerprint density at radius 2 is 1.86 bits per heavy atom. The first-order chi connectivity index (χ1) is 13.3. The van der Waals surface area contributed by atoms with Crippen LogP contribution in [0.25, 0.3) is 0 Å². The molecule has 4 nitrogen and oxygen atoms in total. The molecule has 0 saturated heterocycles. The monoisotopic (exact) mass is 447 g/mol. The van der Waals surface area contributed by atoms with Crippen molar-refractivity contribution in [1.82, 2.24) is 4.90 Å². The minimum Gasteiger partial charge on any atom is -0.492 e. The lowest BCUT2D eigenvalue weighted by atomic mass is 9.87. The van der Waals surface area contributed by atoms with Crippen LogP contribution >= 0.6 is 15.9 Å². The molecule has 0 radical (unpaired) electrons. The smallest absolute Gasteiger partial charge is 0.223 e. The molecular weight excluding hydrogens is 418 g/mol. The largest absolute Gasteiger partial charge is 0.492 e. The Bertz CT molecular complexity index is 756. The van der Waals surface area contributed by atoms with Crippen molar-refractivity contribution >= 4 is 21.8 Å². The van der Waals surface area contributed by atoms with E-state index in [0.717, 1.165) is 15.8 Å². The molecule has 5 heteroatoms. The third kappa shape index (κ3) is 6.95. The van der Waals surface area contributed by atoms with E-state index in [1.165, 1.54) is 5.56 Å². The van der Waals surface area contributed by atoms with Crippen LogP contribution in [0.3, 0.4) is 0 Å². The van der Waals surface area contributed by atoms with Crippen LogP contribution in [0.15, 0.2) is 53.0 Å². The molecule has 0 atom stereocenters. The van der Waals surface area contributed by atoms with Crippen LogP contribution in [-0.4, -0.2) is 35.7 Å². The topological polar surface area (TPSA) is 49.8 Å². The van der Waals surface area contributed by atoms with Gasteiger partial charge in [-0.1, -0.05) is 57.2 Å². The van der Waals surface area contributed by atoms with Crippen LogP contribution in [0.1, 0.15) is 44.7 Å². The van der Waals surface area contributed by atoms with E-state index in [1.807, 2.05) is 36.4 Å². The summed E-state index contributed by atoms with van der Waals surface area (Å²) in [6.07, 6.45) is 1.02. The molecule has 2 aromatic rings. The number of nitrogens with zero attached hydrogens (tertiary/aromatic N) is 1. The van der Waals surface area contributed by atoms with Gasteiger partial charge in [0.1, 0.15) is 5.75 Å². The van der Waals surface area contributed by atoms with Gasteiger partial charge in [0.2, 0.25) is 5.91 Å². The molecule has 0 spiro atoms. The average Bonchev–Trinajstić information content (AvgIpc) is 2.65. The van der Waals surface area contributed by atoms with Gasteiger partial charge in [-0.15, -0.1) is 0 Å². The molecule has 1 amide bonds. The standard InChI is InChI=1S/C23H30BrNO3/c1-23(2,3)19-11-12-21(20(24)16-19)28-15-7-10-22(27)25(13-14-26)17-18-8-5-4-6-9-18/h4-6,8-9,11-12,16,26H,7,10,13-15,17H2,1-3H3. The zero-order valence-electron chi connectivity index (χ0n) is 17.0. The molecule has 0 unspecified atom stereocenters. The summed E-state index contributed by atoms with van der Waals surface area (Å²) < 4.78 is 6.77. The molecule has 1 N–H and O–H groups in total. The van der Waals surface area contributed by atoms with Gasteiger partial charge in [0.15, 0.2) is 0 Å². The van der Waals surface area contributed by atoms with Gasteiger partial charge in [-0.25, -0.2) is 0 Å². The summed E-state index contributed by atoms with van der Waals surface area (Å²) >= 11 is 3.57. The third-order valence-corrected chi connectivity index (χ3v) is 5.15. The fourth-order valence-electron chi connectivity index (χ4n) is 2.86. The number of ether oxygens (including phenoxy) is 1. The van der Waals surface area contributed by atoms with Crippen molar-refractivity contribution < 1.29 is 14.6 Å². The van der Waals surface area contributed by atoms with Gasteiger partial charge < -0.3 is 14.7 Å². The Kier molecular flexibility index (Phi) is 8.52. The number of hydrogen-bond acceptors (Lipinski definition) is 3. The van der Waals surface area contributed by atoms with Crippen LogP contribution in [0.4, 0.5) is 0 Å². The lowest BCUT2D eigenvalue weighted by Gasteiger charge is -2.22. The summed E-state index contributed by atoms with van der Waals surface area (Å²) in [4.78, 5) is 14.2. The van der Waals surface area contributed by atoms with Crippen molar-refractivity contribution in [2.75, 3.05) is 19.8 Å². The van der Waals surface area contributed by atoms with Crippen molar-refractivity contribution in [3.05, 3.63) is 64.1 Å². The van der Waals surface area contributed by atoms with Crippen LogP contribution in [0.2, 0.25) is 0 Å². The molecule has 0 aliphatic carbocycles. The van der Waals surface area contributed by atoms with E-state index in [1.54, 1.807) is 4.90 Å². The summed E-state index contributed by atoms with van der Waals surface area (Å²) in [5, 5.41) is 9.27. The lowest BCUT2D eigenvalue weighted by Crippen LogP contribution is -2.33. The zero-order valence-corrected chi connectivity index (χ0v) is 18.5. The van der Waals surface area contributed by atoms with Gasteiger partial charge in [0, 0.05) is 19.5 Å². The van der Waals surface area contributed by atoms with Crippen molar-refractivity contribution in [3.8, 4) is 5.75 Å². The quantitative estimate of drug-likeness (QED) is 0.554. The van der Waals surface area contributed by atoms with Gasteiger partial charge in [-0.2, -0.15) is 0 Å². The molecule has 0 aromatic heterocycles. The van der Waals surface area contributed by atoms with E-state index < -0.39 is 0 Å². The molecule has 2 rings (SSSR count). The summed E-state index contributed by atoms with van der Waals surface area (Å²) in [6.45, 7) is 7.81. The highest BCUT2D eigenvalue weighted by Crippen LogP contribution is 2.31. The first kappa shape index (κ1) is 22.4. The molecule has 0 aliphatic rings. The summed E-state index contributed by atoms with van der Waals surface area (Å²) in [5.74, 6) is 0.820. The van der Waals surface area contributed by atoms with Crippen molar-refractivity contribution in [1.29, 1.82) is 0 Å². The van der Waals surface area contributed by atoms with Gasteiger partial charge in [-0.05, 0) is 51.0 Å². The Balaban J connectivity index is 1.83. The Hall–Kier alpha value is -1.85. The van der Waals surface area contributed by atoms with E-state index >= 15 is 0 Å². The first-order valence-corrected chi connectivity index (χ1v) is 10.5. The van der Waals surface area contributed by atoms with E-state index in [-0.39, 0.29) is 17.9 Å². The number of carbonyl (C=O) groups excluding carboxylic acids is 1. The van der Waals surface area contributed by atoms with E-state index in [0.29, 0.717) is 32.5 Å². The number of benzene rings is 2. The van der Waals surface area contributed by atoms with Crippen LogP contribution in [0, 0.1) is 0 Å². The molecule has 0 aliphatic heterocycles. The highest BCUT2D eigenvalue weighted by molar-refractivity contribution is 9.10. The SMILES string of the molecule is CC(C)(C)c1ccc(OCCCC(=O)N(CCO)Cc2ccccc2)c(Br)c1. The number of halogens is 1. The number of carbonyl (C=O) groups is 1. The predicted molar refractivity (Wildman–Crippen MR) is 117 cm³/mol. The number of aliphatic hydroxyl groups excluding tert-OH is 1. The molecule has 0 bridgehead atoms. The maximum absolute atomic E-state index is 12.5. The fraction of sp³-hybridized carbons (Fsp3) is 0.435. The van der Waals surface area contributed by atoms with Crippen molar-refractivity contribution in [2.24, 2.45) is 0 Å². The minimum atomic E-state index is -0.0395. The van der Waals surface area contributed by atoms with E-state index in [9.17, 15) is 9.90 Å². The highest BCUT2D eigenvalue weighted by Gasteiger charge is 2.16. The molecule has 28 heavy (non-hydrogen) atoms. The van der Waals surface area contributed by atoms with Gasteiger partial charge in [0.25, 0.3) is 0 Å². The number of rotatable bonds is 9. The molecule has 152 valence electrons. The van der Waals surface area contributed by atoms with Gasteiger partial charge in [0.05, 0.1) is 17.7 Å². The second-order valence-electron chi connectivity index (χ2n) is 7.87. The number of aliphatic hydroxyl groups is 1. The predicted octanol–water partition coefficient (Wildman–Crippen LogP) is 4.93. The fourth-order valence-corrected chi connectivity index (χ4v) is 3.36. The van der Waals surface area contributed by atoms with Gasteiger partial charge >= 0.3 is 0 Å². The Labute approximate surface area is 176 Å². The van der Waals surface area contributed by atoms with Crippen LogP contribution < -0.4 is 4.74 Å². The minimum absolute atomic E-state index is 0.0312. The summed E-state index contributed by atoms with van der Waals surface area (Å²) in [7, 11) is 0. The van der Waals surface area contributed by atoms with Crippen molar-refractivity contribution in [2.45, 2.75) is 45.6 Å². The Morgan fingerprint density at radius 1 is 1.14 bits per heavy atom. The number of amides is 1. The second-order valence-corrected chi connectivity index (χ2v) is 8.73. The van der Waals surface area contributed by atoms with Crippen molar-refractivity contribution in [3.63, 3.8) is 0 Å². The molecule has 2 aromatic carbocycles. The summed E-state index contributed by atoms with van der Waals surface area (Å²) in [6, 6.07) is 16.0. The van der Waals surface area contributed by atoms with E-state index in [2.05, 4.69) is 48.8 Å². The maximum atomic E-state index is 12.5. The van der Waals surface area contributed by atoms with Crippen LogP contribution in [0.5, 0.6) is 5.75 Å². The average molecular weight is 448 g/mol. The Morgan fingerprint density at radius 3 is 2.46 bits per heavy atom. The lowest BCUT2D eigenvalue weighted by molar-refractivity contribution is -0.132. The normalized spacial score (nSPS) is 11.3. The zero-order chi connectivity index (χ0) is 20.6. The number of hydrogen-bond donors (Lipinski definition) is 1. The third-order valence-electron chi connectivity index (χ3n) is 4.53. The molecule has 0 saturated carbocycles. The van der Waals surface area contributed by atoms with Gasteiger partial charge in [-0.3, -0.25) is 4.79 Å². The maximum Gasteiger partial charge on any atom is 0.223 e. The molecule has 0 heterocycles. The van der Waals surface area contributed by atoms with Crippen LogP contribution in [-0.2, 0) is 16.8 Å². The first-order valence-electron chi connectivity index (χ1n) is 9.66. The molecular formula is C23H30BrNO3.